The second-order valence-corrected chi connectivity index (χ2v) is 7.84. The third kappa shape index (κ3) is 3.90. The summed E-state index contributed by atoms with van der Waals surface area (Å²) in [5.74, 6) is 1.30. The molecule has 1 atom stereocenters. The second-order valence-electron chi connectivity index (χ2n) is 6.89. The largest absolute Gasteiger partial charge is 0.420 e. The lowest BCUT2D eigenvalue weighted by Gasteiger charge is -2.33. The topological polar surface area (TPSA) is 71.3 Å². The fraction of sp³-hybridized carbons (Fsp3) is 0.562. The molecule has 0 aliphatic carbocycles. The highest BCUT2D eigenvalue weighted by Crippen LogP contribution is 2.30. The molecule has 2 aromatic rings. The van der Waals surface area contributed by atoms with Crippen LogP contribution in [-0.2, 0) is 0 Å². The number of hydrogen-bond acceptors (Lipinski definition) is 5. The number of amides is 2. The van der Waals surface area contributed by atoms with Gasteiger partial charge in [0.1, 0.15) is 0 Å². The van der Waals surface area contributed by atoms with Crippen LogP contribution in [-0.4, -0.2) is 39.8 Å². The van der Waals surface area contributed by atoms with Gasteiger partial charge in [0.25, 0.3) is 5.89 Å². The third-order valence-corrected chi connectivity index (χ3v) is 4.57. The van der Waals surface area contributed by atoms with E-state index in [-0.39, 0.29) is 17.5 Å². The van der Waals surface area contributed by atoms with Gasteiger partial charge < -0.3 is 14.6 Å². The molecule has 7 heteroatoms. The van der Waals surface area contributed by atoms with E-state index >= 15 is 0 Å². The van der Waals surface area contributed by atoms with Crippen molar-refractivity contribution in [2.24, 2.45) is 0 Å². The molecule has 3 rings (SSSR count). The zero-order valence-corrected chi connectivity index (χ0v) is 14.5. The standard InChI is InChI=1S/C16H22N4O2S/c1-16(2,3)17-15(21)20-8-4-6-11(10-20)13-18-19-14(22-13)12-7-5-9-23-12/h5,7,9,11H,4,6,8,10H2,1-3H3,(H,17,21). The number of thiophene rings is 1. The van der Waals surface area contributed by atoms with Gasteiger partial charge in [-0.2, -0.15) is 0 Å². The number of carbonyl (C=O) groups excluding carboxylic acids is 1. The van der Waals surface area contributed by atoms with Crippen molar-refractivity contribution < 1.29 is 9.21 Å². The minimum Gasteiger partial charge on any atom is -0.420 e. The van der Waals surface area contributed by atoms with Crippen LogP contribution in [0.25, 0.3) is 10.8 Å². The zero-order valence-electron chi connectivity index (χ0n) is 13.7. The van der Waals surface area contributed by atoms with E-state index in [1.807, 2.05) is 43.2 Å². The zero-order chi connectivity index (χ0) is 16.4. The smallest absolute Gasteiger partial charge is 0.317 e. The number of urea groups is 1. The van der Waals surface area contributed by atoms with Crippen molar-refractivity contribution in [1.29, 1.82) is 0 Å². The van der Waals surface area contributed by atoms with Crippen molar-refractivity contribution in [3.8, 4) is 10.8 Å². The Morgan fingerprint density at radius 1 is 1.43 bits per heavy atom. The quantitative estimate of drug-likeness (QED) is 0.912. The van der Waals surface area contributed by atoms with E-state index in [1.54, 1.807) is 11.3 Å². The van der Waals surface area contributed by atoms with Crippen LogP contribution in [0, 0.1) is 0 Å². The molecule has 3 heterocycles. The van der Waals surface area contributed by atoms with Gasteiger partial charge in [-0.05, 0) is 45.1 Å². The highest BCUT2D eigenvalue weighted by molar-refractivity contribution is 7.13. The molecule has 1 aliphatic rings. The number of hydrogen-bond donors (Lipinski definition) is 1. The summed E-state index contributed by atoms with van der Waals surface area (Å²) in [6.45, 7) is 7.34. The fourth-order valence-electron chi connectivity index (χ4n) is 2.66. The molecular formula is C16H22N4O2S. The fourth-order valence-corrected chi connectivity index (χ4v) is 3.31. The highest BCUT2D eigenvalue weighted by Gasteiger charge is 2.29. The molecule has 0 radical (unpaired) electrons. The van der Waals surface area contributed by atoms with E-state index in [4.69, 9.17) is 4.42 Å². The molecule has 0 aromatic carbocycles. The van der Waals surface area contributed by atoms with Crippen LogP contribution in [0.2, 0.25) is 0 Å². The second kappa shape index (κ2) is 6.31. The van der Waals surface area contributed by atoms with Gasteiger partial charge in [0.2, 0.25) is 5.89 Å². The molecule has 1 fully saturated rings. The van der Waals surface area contributed by atoms with Crippen LogP contribution >= 0.6 is 11.3 Å². The minimum atomic E-state index is -0.235. The molecule has 1 N–H and O–H groups in total. The molecule has 1 aliphatic heterocycles. The molecule has 0 bridgehead atoms. The van der Waals surface area contributed by atoms with Crippen LogP contribution in [0.5, 0.6) is 0 Å². The Morgan fingerprint density at radius 3 is 2.96 bits per heavy atom. The summed E-state index contributed by atoms with van der Waals surface area (Å²) >= 11 is 1.58. The van der Waals surface area contributed by atoms with Crippen molar-refractivity contribution in [1.82, 2.24) is 20.4 Å². The molecule has 0 saturated carbocycles. The predicted molar refractivity (Wildman–Crippen MR) is 89.4 cm³/mol. The van der Waals surface area contributed by atoms with Crippen molar-refractivity contribution in [3.63, 3.8) is 0 Å². The monoisotopic (exact) mass is 334 g/mol. The van der Waals surface area contributed by atoms with E-state index in [1.165, 1.54) is 0 Å². The Balaban J connectivity index is 1.68. The first-order chi connectivity index (χ1) is 10.9. The van der Waals surface area contributed by atoms with Crippen LogP contribution in [0.1, 0.15) is 45.4 Å². The lowest BCUT2D eigenvalue weighted by Crippen LogP contribution is -2.51. The van der Waals surface area contributed by atoms with E-state index in [9.17, 15) is 4.79 Å². The SMILES string of the molecule is CC(C)(C)NC(=O)N1CCCC(c2nnc(-c3cccs3)o2)C1. The van der Waals surface area contributed by atoms with E-state index in [0.717, 1.165) is 24.3 Å². The van der Waals surface area contributed by atoms with Gasteiger partial charge >= 0.3 is 6.03 Å². The summed E-state index contributed by atoms with van der Waals surface area (Å²) in [4.78, 5) is 15.1. The normalized spacial score (nSPS) is 18.9. The summed E-state index contributed by atoms with van der Waals surface area (Å²) in [7, 11) is 0. The Hall–Kier alpha value is -1.89. The van der Waals surface area contributed by atoms with Crippen LogP contribution < -0.4 is 5.32 Å². The molecule has 23 heavy (non-hydrogen) atoms. The van der Waals surface area contributed by atoms with Gasteiger partial charge in [0, 0.05) is 18.6 Å². The van der Waals surface area contributed by atoms with Crippen LogP contribution in [0.4, 0.5) is 4.79 Å². The molecule has 6 nitrogen and oxygen atoms in total. The Bertz CT molecular complexity index is 660. The molecule has 2 amide bonds. The van der Waals surface area contributed by atoms with Crippen molar-refractivity contribution in [2.45, 2.75) is 45.1 Å². The number of likely N-dealkylation sites (tertiary alicyclic amines) is 1. The summed E-state index contributed by atoms with van der Waals surface area (Å²) in [6, 6.07) is 3.90. The molecule has 1 saturated heterocycles. The maximum absolute atomic E-state index is 12.3. The number of rotatable bonds is 2. The van der Waals surface area contributed by atoms with E-state index in [0.29, 0.717) is 18.3 Å². The van der Waals surface area contributed by atoms with Gasteiger partial charge in [0.15, 0.2) is 0 Å². The minimum absolute atomic E-state index is 0.0276. The number of aromatic nitrogens is 2. The van der Waals surface area contributed by atoms with Crippen LogP contribution in [0.15, 0.2) is 21.9 Å². The van der Waals surface area contributed by atoms with Gasteiger partial charge in [-0.25, -0.2) is 4.79 Å². The molecule has 124 valence electrons. The maximum Gasteiger partial charge on any atom is 0.317 e. The van der Waals surface area contributed by atoms with Crippen molar-refractivity contribution in [3.05, 3.63) is 23.4 Å². The van der Waals surface area contributed by atoms with Gasteiger partial charge in [-0.3, -0.25) is 0 Å². The number of piperidine rings is 1. The number of nitrogens with one attached hydrogen (secondary N) is 1. The van der Waals surface area contributed by atoms with Gasteiger partial charge in [0.05, 0.1) is 10.8 Å². The Labute approximate surface area is 139 Å². The summed E-state index contributed by atoms with van der Waals surface area (Å²) in [6.07, 6.45) is 1.91. The Morgan fingerprint density at radius 2 is 2.26 bits per heavy atom. The molecule has 1 unspecified atom stereocenters. The van der Waals surface area contributed by atoms with E-state index in [2.05, 4.69) is 15.5 Å². The van der Waals surface area contributed by atoms with Gasteiger partial charge in [-0.1, -0.05) is 6.07 Å². The Kier molecular flexibility index (Phi) is 4.39. The van der Waals surface area contributed by atoms with Gasteiger partial charge in [-0.15, -0.1) is 21.5 Å². The molecule has 0 spiro atoms. The first-order valence-corrected chi connectivity index (χ1v) is 8.75. The van der Waals surface area contributed by atoms with Crippen molar-refractivity contribution >= 4 is 17.4 Å². The summed E-state index contributed by atoms with van der Waals surface area (Å²) < 4.78 is 5.83. The highest BCUT2D eigenvalue weighted by atomic mass is 32.1. The first-order valence-electron chi connectivity index (χ1n) is 7.87. The molecular weight excluding hydrogens is 312 g/mol. The summed E-state index contributed by atoms with van der Waals surface area (Å²) in [5.41, 5.74) is -0.235. The lowest BCUT2D eigenvalue weighted by molar-refractivity contribution is 0.167. The lowest BCUT2D eigenvalue weighted by atomic mass is 9.98. The number of carbonyl (C=O) groups is 1. The van der Waals surface area contributed by atoms with Crippen LogP contribution in [0.3, 0.4) is 0 Å². The van der Waals surface area contributed by atoms with Crippen molar-refractivity contribution in [2.75, 3.05) is 13.1 Å². The number of nitrogens with zero attached hydrogens (tertiary/aromatic N) is 3. The predicted octanol–water partition coefficient (Wildman–Crippen LogP) is 3.49. The first kappa shape index (κ1) is 16.0. The maximum atomic E-state index is 12.3. The van der Waals surface area contributed by atoms with E-state index < -0.39 is 0 Å². The average molecular weight is 334 g/mol. The third-order valence-electron chi connectivity index (χ3n) is 3.71. The average Bonchev–Trinajstić information content (AvgIpc) is 3.17. The molecule has 2 aromatic heterocycles. The summed E-state index contributed by atoms with van der Waals surface area (Å²) in [5, 5.41) is 13.3.